The maximum atomic E-state index is 12.9. The second kappa shape index (κ2) is 6.61. The summed E-state index contributed by atoms with van der Waals surface area (Å²) in [4.78, 5) is 8.48. The standard InChI is InChI=1S/C29H33N3O3/c1-31(2)14-17-5-7-21-19(11-17)20-13-29(34)23-12-18-6-8-22(33)26-24(18)28(29,27(35-26)25(20)30-21)9-10-32(23)15-16-3-4-16/h5-8,11,16,23,27,30,33-34H,3-4,9-10,12-15H2,1-2H3/t23?,27-,28-,29+/m0/s1. The summed E-state index contributed by atoms with van der Waals surface area (Å²) in [5.41, 5.74) is 5.50. The predicted octanol–water partition coefficient (Wildman–Crippen LogP) is 3.63. The van der Waals surface area contributed by atoms with Crippen LogP contribution < -0.4 is 4.74 Å². The zero-order valence-corrected chi connectivity index (χ0v) is 20.5. The third-order valence-corrected chi connectivity index (χ3v) is 9.72. The Balaban J connectivity index is 1.36. The third kappa shape index (κ3) is 2.50. The lowest BCUT2D eigenvalue weighted by molar-refractivity contribution is -0.173. The second-order valence-corrected chi connectivity index (χ2v) is 12.1. The Bertz CT molecular complexity index is 1390. The number of phenols is 1. The predicted molar refractivity (Wildman–Crippen MR) is 134 cm³/mol. The first-order valence-corrected chi connectivity index (χ1v) is 13.2. The summed E-state index contributed by atoms with van der Waals surface area (Å²) in [6.45, 7) is 2.94. The average Bonchev–Trinajstić information content (AvgIpc) is 3.46. The Hall–Kier alpha value is -2.54. The van der Waals surface area contributed by atoms with Crippen molar-refractivity contribution in [2.24, 2.45) is 5.92 Å². The number of benzene rings is 2. The fraction of sp³-hybridized carbons (Fsp3) is 0.517. The summed E-state index contributed by atoms with van der Waals surface area (Å²) in [7, 11) is 4.18. The Kier molecular flexibility index (Phi) is 3.90. The van der Waals surface area contributed by atoms with Crippen LogP contribution in [0.5, 0.6) is 11.5 Å². The van der Waals surface area contributed by atoms with E-state index in [9.17, 15) is 10.2 Å². The van der Waals surface area contributed by atoms with Gasteiger partial charge in [-0.3, -0.25) is 4.90 Å². The number of aromatic nitrogens is 1. The minimum atomic E-state index is -0.934. The molecule has 1 aromatic heterocycles. The molecular weight excluding hydrogens is 438 g/mol. The van der Waals surface area contributed by atoms with Crippen molar-refractivity contribution < 1.29 is 14.9 Å². The van der Waals surface area contributed by atoms with Crippen LogP contribution in [0.1, 0.15) is 53.3 Å². The number of H-pyrrole nitrogens is 1. The molecule has 4 atom stereocenters. The van der Waals surface area contributed by atoms with Crippen LogP contribution in [0, 0.1) is 5.92 Å². The lowest BCUT2D eigenvalue weighted by Crippen LogP contribution is -2.74. The second-order valence-electron chi connectivity index (χ2n) is 12.1. The summed E-state index contributed by atoms with van der Waals surface area (Å²) in [6.07, 6.45) is 4.60. The monoisotopic (exact) mass is 471 g/mol. The molecule has 182 valence electrons. The van der Waals surface area contributed by atoms with Crippen LogP contribution in [0.4, 0.5) is 0 Å². The molecule has 1 unspecified atom stereocenters. The highest BCUT2D eigenvalue weighted by Gasteiger charge is 2.72. The summed E-state index contributed by atoms with van der Waals surface area (Å²) >= 11 is 0. The largest absolute Gasteiger partial charge is 0.504 e. The Labute approximate surface area is 205 Å². The van der Waals surface area contributed by atoms with E-state index in [-0.39, 0.29) is 17.9 Å². The summed E-state index contributed by atoms with van der Waals surface area (Å²) < 4.78 is 6.69. The smallest absolute Gasteiger partial charge is 0.166 e. The molecule has 35 heavy (non-hydrogen) atoms. The van der Waals surface area contributed by atoms with Gasteiger partial charge in [0.1, 0.15) is 0 Å². The highest BCUT2D eigenvalue weighted by Crippen LogP contribution is 2.69. The quantitative estimate of drug-likeness (QED) is 0.542. The number of ether oxygens (including phenoxy) is 1. The zero-order valence-electron chi connectivity index (χ0n) is 20.5. The number of aliphatic hydroxyl groups is 1. The molecule has 3 N–H and O–H groups in total. The fourth-order valence-electron chi connectivity index (χ4n) is 8.13. The lowest BCUT2D eigenvalue weighted by atomic mass is 9.49. The van der Waals surface area contributed by atoms with E-state index in [4.69, 9.17) is 4.74 Å². The molecule has 0 radical (unpaired) electrons. The Morgan fingerprint density at radius 1 is 1.20 bits per heavy atom. The van der Waals surface area contributed by atoms with Gasteiger partial charge in [-0.05, 0) is 87.1 Å². The van der Waals surface area contributed by atoms with Crippen LogP contribution in [-0.4, -0.2) is 63.8 Å². The van der Waals surface area contributed by atoms with Gasteiger partial charge in [0.25, 0.3) is 0 Å². The lowest BCUT2D eigenvalue weighted by Gasteiger charge is -2.62. The van der Waals surface area contributed by atoms with Crippen molar-refractivity contribution in [1.29, 1.82) is 0 Å². The first-order valence-electron chi connectivity index (χ1n) is 13.2. The molecule has 1 spiro atoms. The molecule has 3 heterocycles. The third-order valence-electron chi connectivity index (χ3n) is 9.72. The van der Waals surface area contributed by atoms with E-state index in [1.807, 2.05) is 0 Å². The van der Waals surface area contributed by atoms with Crippen LogP contribution in [-0.2, 0) is 24.8 Å². The molecule has 2 aromatic carbocycles. The van der Waals surface area contributed by atoms with Crippen molar-refractivity contribution in [2.75, 3.05) is 27.2 Å². The van der Waals surface area contributed by atoms with Gasteiger partial charge in [0, 0.05) is 42.0 Å². The zero-order chi connectivity index (χ0) is 23.7. The van der Waals surface area contributed by atoms with Crippen LogP contribution in [0.25, 0.3) is 10.9 Å². The number of phenolic OH excluding ortho intramolecular Hbond substituents is 1. The first-order chi connectivity index (χ1) is 16.9. The Morgan fingerprint density at radius 3 is 2.86 bits per heavy atom. The van der Waals surface area contributed by atoms with Crippen molar-refractivity contribution in [3.05, 3.63) is 58.3 Å². The maximum Gasteiger partial charge on any atom is 0.166 e. The van der Waals surface area contributed by atoms with Crippen LogP contribution in [0.2, 0.25) is 0 Å². The first kappa shape index (κ1) is 20.6. The van der Waals surface area contributed by atoms with Gasteiger partial charge in [0.15, 0.2) is 17.6 Å². The molecule has 6 heteroatoms. The molecule has 5 aliphatic rings. The topological polar surface area (TPSA) is 72.0 Å². The van der Waals surface area contributed by atoms with Gasteiger partial charge in [-0.25, -0.2) is 0 Å². The van der Waals surface area contributed by atoms with E-state index in [0.29, 0.717) is 12.2 Å². The summed E-state index contributed by atoms with van der Waals surface area (Å²) in [5.74, 6) is 1.57. The SMILES string of the molecule is CN(C)Cc1ccc2[nH]c3c(c2c1)C[C@@]1(O)C2Cc4ccc(O)c5c4[C@@]1(CCN2CC1CC1)[C@H]3O5. The van der Waals surface area contributed by atoms with Gasteiger partial charge in [-0.1, -0.05) is 12.1 Å². The van der Waals surface area contributed by atoms with Crippen molar-refractivity contribution in [3.63, 3.8) is 0 Å². The van der Waals surface area contributed by atoms with E-state index >= 15 is 0 Å². The minimum Gasteiger partial charge on any atom is -0.504 e. The molecule has 2 bridgehead atoms. The molecule has 2 aliphatic heterocycles. The summed E-state index contributed by atoms with van der Waals surface area (Å²) in [5, 5.41) is 25.0. The number of piperidine rings is 1. The molecule has 0 amide bonds. The van der Waals surface area contributed by atoms with E-state index < -0.39 is 11.0 Å². The van der Waals surface area contributed by atoms with E-state index in [1.54, 1.807) is 6.07 Å². The Morgan fingerprint density at radius 2 is 2.06 bits per heavy atom. The molecule has 2 fully saturated rings. The molecule has 6 nitrogen and oxygen atoms in total. The van der Waals surface area contributed by atoms with Crippen molar-refractivity contribution >= 4 is 10.9 Å². The molecule has 8 rings (SSSR count). The van der Waals surface area contributed by atoms with Crippen LogP contribution in [0.15, 0.2) is 30.3 Å². The average molecular weight is 472 g/mol. The van der Waals surface area contributed by atoms with Crippen molar-refractivity contribution in [2.45, 2.75) is 61.8 Å². The molecular formula is C29H33N3O3. The number of aromatic hydroxyl groups is 1. The molecule has 3 aromatic rings. The highest BCUT2D eigenvalue weighted by atomic mass is 16.5. The van der Waals surface area contributed by atoms with E-state index in [2.05, 4.69) is 53.1 Å². The summed E-state index contributed by atoms with van der Waals surface area (Å²) in [6, 6.07) is 10.6. The highest BCUT2D eigenvalue weighted by molar-refractivity contribution is 5.87. The number of nitrogens with zero attached hydrogens (tertiary/aromatic N) is 2. The molecule has 3 aliphatic carbocycles. The number of likely N-dealkylation sites (tertiary alicyclic amines) is 1. The minimum absolute atomic E-state index is 0.0639. The molecule has 1 saturated carbocycles. The van der Waals surface area contributed by atoms with E-state index in [1.165, 1.54) is 34.9 Å². The van der Waals surface area contributed by atoms with Crippen molar-refractivity contribution in [3.8, 4) is 11.5 Å². The van der Waals surface area contributed by atoms with Gasteiger partial charge in [0.05, 0.1) is 16.7 Å². The van der Waals surface area contributed by atoms with Gasteiger partial charge in [0.2, 0.25) is 0 Å². The molecule has 1 saturated heterocycles. The van der Waals surface area contributed by atoms with Crippen LogP contribution >= 0.6 is 0 Å². The number of aromatic amines is 1. The van der Waals surface area contributed by atoms with Gasteiger partial charge in [-0.2, -0.15) is 0 Å². The van der Waals surface area contributed by atoms with E-state index in [0.717, 1.165) is 55.2 Å². The number of fused-ring (bicyclic) bond motifs is 4. The van der Waals surface area contributed by atoms with Gasteiger partial charge < -0.3 is 24.8 Å². The number of hydrogen-bond acceptors (Lipinski definition) is 5. The van der Waals surface area contributed by atoms with Gasteiger partial charge in [-0.15, -0.1) is 0 Å². The number of rotatable bonds is 4. The van der Waals surface area contributed by atoms with Gasteiger partial charge >= 0.3 is 0 Å². The number of hydrogen-bond donors (Lipinski definition) is 3. The fourth-order valence-corrected chi connectivity index (χ4v) is 8.13. The maximum absolute atomic E-state index is 12.9. The van der Waals surface area contributed by atoms with Crippen molar-refractivity contribution in [1.82, 2.24) is 14.8 Å². The normalized spacial score (nSPS) is 32.6. The number of nitrogens with one attached hydrogen (secondary N) is 1. The van der Waals surface area contributed by atoms with Crippen LogP contribution in [0.3, 0.4) is 0 Å².